The molecule has 0 aliphatic heterocycles. The molecule has 2 aromatic rings. The van der Waals surface area contributed by atoms with Gasteiger partial charge in [0.05, 0.1) is 0 Å². The third-order valence-electron chi connectivity index (χ3n) is 2.91. The van der Waals surface area contributed by atoms with Crippen LogP contribution in [0.3, 0.4) is 0 Å². The van der Waals surface area contributed by atoms with Crippen molar-refractivity contribution in [3.63, 3.8) is 0 Å². The number of hydrogen-bond donors (Lipinski definition) is 0. The molecule has 100 valence electrons. The van der Waals surface area contributed by atoms with Crippen LogP contribution in [-0.4, -0.2) is 0 Å². The zero-order valence-corrected chi connectivity index (χ0v) is 12.2. The zero-order valence-electron chi connectivity index (χ0n) is 12.2. The lowest BCUT2D eigenvalue weighted by atomic mass is 9.88. The van der Waals surface area contributed by atoms with Gasteiger partial charge in [-0.25, -0.2) is 0 Å². The fourth-order valence-corrected chi connectivity index (χ4v) is 2.03. The molecule has 0 aromatic heterocycles. The predicted octanol–water partition coefficient (Wildman–Crippen LogP) is 5.38. The van der Waals surface area contributed by atoms with E-state index < -0.39 is 0 Å². The minimum Gasteiger partial charge on any atom is -0.457 e. The lowest BCUT2D eigenvalue weighted by Crippen LogP contribution is -2.08. The van der Waals surface area contributed by atoms with Crippen molar-refractivity contribution in [3.8, 4) is 11.5 Å². The quantitative estimate of drug-likeness (QED) is 0.715. The fourth-order valence-electron chi connectivity index (χ4n) is 2.03. The zero-order chi connectivity index (χ0) is 13.9. The average Bonchev–Trinajstić information content (AvgIpc) is 2.33. The van der Waals surface area contributed by atoms with E-state index in [1.54, 1.807) is 0 Å². The van der Waals surface area contributed by atoms with Crippen LogP contribution in [0.1, 0.15) is 31.9 Å². The van der Waals surface area contributed by atoms with Gasteiger partial charge in [0.2, 0.25) is 0 Å². The highest BCUT2D eigenvalue weighted by Crippen LogP contribution is 2.25. The van der Waals surface area contributed by atoms with Crippen molar-refractivity contribution in [2.75, 3.05) is 0 Å². The molecule has 0 amide bonds. The fraction of sp³-hybridized carbons (Fsp3) is 0.333. The van der Waals surface area contributed by atoms with Gasteiger partial charge in [0.1, 0.15) is 11.5 Å². The van der Waals surface area contributed by atoms with Crippen molar-refractivity contribution >= 4 is 0 Å². The second-order valence-electron chi connectivity index (χ2n) is 6.30. The topological polar surface area (TPSA) is 9.23 Å². The monoisotopic (exact) mass is 254 g/mol. The normalized spacial score (nSPS) is 11.4. The number of hydrogen-bond acceptors (Lipinski definition) is 1. The van der Waals surface area contributed by atoms with E-state index in [0.29, 0.717) is 5.41 Å². The number of aryl methyl sites for hydroxylation is 1. The van der Waals surface area contributed by atoms with E-state index in [1.807, 2.05) is 24.3 Å². The van der Waals surface area contributed by atoms with E-state index in [-0.39, 0.29) is 0 Å². The van der Waals surface area contributed by atoms with E-state index >= 15 is 0 Å². The highest BCUT2D eigenvalue weighted by molar-refractivity contribution is 5.34. The Labute approximate surface area is 116 Å². The molecule has 0 atom stereocenters. The number of rotatable bonds is 3. The maximum absolute atomic E-state index is 5.82. The first kappa shape index (κ1) is 13.7. The molecule has 19 heavy (non-hydrogen) atoms. The third-order valence-corrected chi connectivity index (χ3v) is 2.91. The molecular weight excluding hydrogens is 232 g/mol. The second kappa shape index (κ2) is 5.48. The first-order valence-electron chi connectivity index (χ1n) is 6.76. The van der Waals surface area contributed by atoms with Gasteiger partial charge in [-0.3, -0.25) is 0 Å². The van der Waals surface area contributed by atoms with Gasteiger partial charge in [0.15, 0.2) is 0 Å². The second-order valence-corrected chi connectivity index (χ2v) is 6.30. The highest BCUT2D eigenvalue weighted by atomic mass is 16.5. The van der Waals surface area contributed by atoms with Crippen LogP contribution in [0.5, 0.6) is 11.5 Å². The van der Waals surface area contributed by atoms with Crippen LogP contribution < -0.4 is 4.74 Å². The summed E-state index contributed by atoms with van der Waals surface area (Å²) in [5.74, 6) is 1.77. The van der Waals surface area contributed by atoms with Crippen molar-refractivity contribution < 1.29 is 4.74 Å². The van der Waals surface area contributed by atoms with Crippen molar-refractivity contribution in [1.29, 1.82) is 0 Å². The van der Waals surface area contributed by atoms with Gasteiger partial charge in [-0.15, -0.1) is 0 Å². The maximum Gasteiger partial charge on any atom is 0.127 e. The minimum atomic E-state index is 0.319. The number of benzene rings is 2. The van der Waals surface area contributed by atoms with Gasteiger partial charge < -0.3 is 4.74 Å². The molecule has 2 aromatic carbocycles. The van der Waals surface area contributed by atoms with Crippen LogP contribution in [0.15, 0.2) is 48.5 Å². The van der Waals surface area contributed by atoms with E-state index in [1.165, 1.54) is 11.1 Å². The molecule has 0 fully saturated rings. The molecule has 0 spiro atoms. The Hall–Kier alpha value is -1.76. The van der Waals surface area contributed by atoms with E-state index in [2.05, 4.69) is 52.0 Å². The van der Waals surface area contributed by atoms with Gasteiger partial charge >= 0.3 is 0 Å². The molecule has 0 unspecified atom stereocenters. The van der Waals surface area contributed by atoms with E-state index in [9.17, 15) is 0 Å². The first-order valence-corrected chi connectivity index (χ1v) is 6.76. The summed E-state index contributed by atoms with van der Waals surface area (Å²) in [5.41, 5.74) is 2.91. The predicted molar refractivity (Wildman–Crippen MR) is 80.9 cm³/mol. The molecule has 0 heterocycles. The molecule has 1 heteroatoms. The van der Waals surface area contributed by atoms with Crippen molar-refractivity contribution in [2.45, 2.75) is 34.1 Å². The molecule has 0 aliphatic rings. The minimum absolute atomic E-state index is 0.319. The average molecular weight is 254 g/mol. The Balaban J connectivity index is 2.04. The molecule has 0 bridgehead atoms. The Morgan fingerprint density at radius 1 is 0.789 bits per heavy atom. The van der Waals surface area contributed by atoms with Gasteiger partial charge in [-0.2, -0.15) is 0 Å². The SMILES string of the molecule is Cc1ccc(Oc2ccc(CC(C)(C)C)cc2)cc1. The maximum atomic E-state index is 5.82. The first-order chi connectivity index (χ1) is 8.92. The Bertz CT molecular complexity index is 515. The van der Waals surface area contributed by atoms with E-state index in [4.69, 9.17) is 4.74 Å². The molecule has 2 rings (SSSR count). The van der Waals surface area contributed by atoms with Crippen LogP contribution in [0.2, 0.25) is 0 Å². The molecule has 0 saturated heterocycles. The summed E-state index contributed by atoms with van der Waals surface area (Å²) in [6, 6.07) is 16.5. The van der Waals surface area contributed by atoms with Crippen LogP contribution in [0.25, 0.3) is 0 Å². The number of ether oxygens (including phenoxy) is 1. The smallest absolute Gasteiger partial charge is 0.127 e. The Morgan fingerprint density at radius 3 is 1.74 bits per heavy atom. The standard InChI is InChI=1S/C18H22O/c1-14-5-9-16(10-6-14)19-17-11-7-15(8-12-17)13-18(2,3)4/h5-12H,13H2,1-4H3. The molecule has 1 nitrogen and oxygen atoms in total. The highest BCUT2D eigenvalue weighted by Gasteiger charge is 2.11. The molecule has 0 saturated carbocycles. The summed E-state index contributed by atoms with van der Waals surface area (Å²) in [4.78, 5) is 0. The van der Waals surface area contributed by atoms with Gasteiger partial charge in [0.25, 0.3) is 0 Å². The molecular formula is C18H22O. The van der Waals surface area contributed by atoms with Gasteiger partial charge in [-0.1, -0.05) is 50.6 Å². The summed E-state index contributed by atoms with van der Waals surface area (Å²) >= 11 is 0. The van der Waals surface area contributed by atoms with Crippen molar-refractivity contribution in [3.05, 3.63) is 59.7 Å². The molecule has 0 radical (unpaired) electrons. The summed E-state index contributed by atoms with van der Waals surface area (Å²) in [5, 5.41) is 0. The van der Waals surface area contributed by atoms with Crippen LogP contribution in [-0.2, 0) is 6.42 Å². The summed E-state index contributed by atoms with van der Waals surface area (Å²) in [6.45, 7) is 8.84. The lowest BCUT2D eigenvalue weighted by Gasteiger charge is -2.18. The third kappa shape index (κ3) is 4.44. The Kier molecular flexibility index (Phi) is 3.94. The summed E-state index contributed by atoms with van der Waals surface area (Å²) in [6.07, 6.45) is 1.08. The summed E-state index contributed by atoms with van der Waals surface area (Å²) < 4.78 is 5.82. The molecule has 0 N–H and O–H groups in total. The largest absolute Gasteiger partial charge is 0.457 e. The molecule has 0 aliphatic carbocycles. The summed E-state index contributed by atoms with van der Waals surface area (Å²) in [7, 11) is 0. The van der Waals surface area contributed by atoms with Crippen LogP contribution in [0.4, 0.5) is 0 Å². The van der Waals surface area contributed by atoms with Crippen LogP contribution in [0, 0.1) is 12.3 Å². The van der Waals surface area contributed by atoms with Crippen molar-refractivity contribution in [1.82, 2.24) is 0 Å². The Morgan fingerprint density at radius 2 is 1.26 bits per heavy atom. The van der Waals surface area contributed by atoms with Crippen LogP contribution >= 0.6 is 0 Å². The van der Waals surface area contributed by atoms with E-state index in [0.717, 1.165) is 17.9 Å². The van der Waals surface area contributed by atoms with Crippen molar-refractivity contribution in [2.24, 2.45) is 5.41 Å². The van der Waals surface area contributed by atoms with Gasteiger partial charge in [0, 0.05) is 0 Å². The lowest BCUT2D eigenvalue weighted by molar-refractivity contribution is 0.410. The van der Waals surface area contributed by atoms with Gasteiger partial charge in [-0.05, 0) is 48.6 Å².